The van der Waals surface area contributed by atoms with Crippen molar-refractivity contribution < 1.29 is 9.53 Å². The van der Waals surface area contributed by atoms with Crippen molar-refractivity contribution in [2.75, 3.05) is 7.11 Å². The third kappa shape index (κ3) is 3.68. The minimum absolute atomic E-state index is 0.181. The van der Waals surface area contributed by atoms with Crippen LogP contribution in [0.5, 0.6) is 0 Å². The normalized spacial score (nSPS) is 22.4. The van der Waals surface area contributed by atoms with Crippen LogP contribution in [0.3, 0.4) is 0 Å². The smallest absolute Gasteiger partial charge is 0.325 e. The Balaban J connectivity index is 2.66. The highest BCUT2D eigenvalue weighted by atomic mass is 16.5. The second-order valence-electron chi connectivity index (χ2n) is 5.59. The molecule has 1 aliphatic rings. The second-order valence-corrected chi connectivity index (χ2v) is 5.59. The number of ether oxygens (including phenoxy) is 1. The lowest BCUT2D eigenvalue weighted by Crippen LogP contribution is -2.29. The Kier molecular flexibility index (Phi) is 5.77. The molecule has 0 aliphatic heterocycles. The lowest BCUT2D eigenvalue weighted by Gasteiger charge is -2.17. The van der Waals surface area contributed by atoms with E-state index in [1.807, 2.05) is 26.8 Å². The second kappa shape index (κ2) is 6.88. The first-order chi connectivity index (χ1) is 8.98. The fourth-order valence-electron chi connectivity index (χ4n) is 2.56. The maximum atomic E-state index is 12.1. The highest BCUT2D eigenvalue weighted by Gasteiger charge is 2.53. The van der Waals surface area contributed by atoms with E-state index in [0.717, 1.165) is 18.6 Å². The molecule has 1 rings (SSSR count). The predicted molar refractivity (Wildman–Crippen MR) is 79.5 cm³/mol. The average molecular weight is 265 g/mol. The van der Waals surface area contributed by atoms with Crippen molar-refractivity contribution in [2.24, 2.45) is 10.4 Å². The number of carbonyl (C=O) groups is 1. The molecule has 0 heterocycles. The monoisotopic (exact) mass is 265 g/mol. The van der Waals surface area contributed by atoms with E-state index in [9.17, 15) is 4.79 Å². The van der Waals surface area contributed by atoms with Gasteiger partial charge < -0.3 is 4.74 Å². The molecular weight excluding hydrogens is 238 g/mol. The summed E-state index contributed by atoms with van der Waals surface area (Å²) in [7, 11) is 1.45. The summed E-state index contributed by atoms with van der Waals surface area (Å²) in [6.45, 7) is 8.19. The summed E-state index contributed by atoms with van der Waals surface area (Å²) in [5.74, 6) is -0.181. The van der Waals surface area contributed by atoms with Crippen LogP contribution in [-0.2, 0) is 9.53 Å². The number of carbonyl (C=O) groups excluding carboxylic acids is 1. The highest BCUT2D eigenvalue weighted by molar-refractivity contribution is 6.15. The highest BCUT2D eigenvalue weighted by Crippen LogP contribution is 2.49. The van der Waals surface area contributed by atoms with Gasteiger partial charge in [-0.2, -0.15) is 0 Å². The van der Waals surface area contributed by atoms with Crippen LogP contribution in [0.25, 0.3) is 0 Å². The van der Waals surface area contributed by atoms with Crippen LogP contribution in [0.2, 0.25) is 0 Å². The predicted octanol–water partition coefficient (Wildman–Crippen LogP) is 3.93. The van der Waals surface area contributed by atoms with Crippen LogP contribution in [0.4, 0.5) is 0 Å². The van der Waals surface area contributed by atoms with E-state index < -0.39 is 5.41 Å². The molecule has 1 atom stereocenters. The van der Waals surface area contributed by atoms with Gasteiger partial charge in [0.05, 0.1) is 7.11 Å². The van der Waals surface area contributed by atoms with E-state index in [0.29, 0.717) is 0 Å². The molecule has 0 amide bonds. The zero-order valence-electron chi connectivity index (χ0n) is 13.0. The molecule has 3 nitrogen and oxygen atoms in total. The quantitative estimate of drug-likeness (QED) is 0.289. The van der Waals surface area contributed by atoms with Crippen molar-refractivity contribution in [1.82, 2.24) is 0 Å². The Bertz CT molecular complexity index is 382. The molecule has 0 aromatic rings. The van der Waals surface area contributed by atoms with Gasteiger partial charge in [-0.05, 0) is 39.2 Å². The van der Waals surface area contributed by atoms with Crippen LogP contribution >= 0.6 is 0 Å². The number of unbranched alkanes of at least 4 members (excludes halogenated alkanes) is 3. The van der Waals surface area contributed by atoms with Crippen LogP contribution in [-0.4, -0.2) is 24.8 Å². The first kappa shape index (κ1) is 15.9. The van der Waals surface area contributed by atoms with E-state index in [2.05, 4.69) is 11.9 Å². The lowest BCUT2D eigenvalue weighted by atomic mass is 9.92. The summed E-state index contributed by atoms with van der Waals surface area (Å²) in [6, 6.07) is 0.205. The van der Waals surface area contributed by atoms with Gasteiger partial charge in [0.15, 0.2) is 0 Å². The fraction of sp³-hybridized carbons (Fsp3) is 0.750. The number of nitrogens with zero attached hydrogens (tertiary/aromatic N) is 1. The zero-order chi connectivity index (χ0) is 14.5. The Morgan fingerprint density at radius 1 is 1.37 bits per heavy atom. The summed E-state index contributed by atoms with van der Waals surface area (Å²) < 4.78 is 4.97. The number of rotatable bonds is 8. The molecule has 0 N–H and O–H groups in total. The van der Waals surface area contributed by atoms with Gasteiger partial charge >= 0.3 is 5.97 Å². The molecule has 3 heteroatoms. The lowest BCUT2D eigenvalue weighted by molar-refractivity contribution is -0.143. The van der Waals surface area contributed by atoms with Crippen molar-refractivity contribution >= 4 is 11.7 Å². The molecule has 0 fully saturated rings. The van der Waals surface area contributed by atoms with Gasteiger partial charge in [-0.1, -0.05) is 32.3 Å². The van der Waals surface area contributed by atoms with Crippen molar-refractivity contribution in [3.05, 3.63) is 11.6 Å². The molecular formula is C16H27NO2. The Hall–Kier alpha value is -1.12. The molecule has 0 saturated carbocycles. The van der Waals surface area contributed by atoms with Gasteiger partial charge in [-0.3, -0.25) is 9.79 Å². The summed E-state index contributed by atoms with van der Waals surface area (Å²) in [5, 5.41) is 0. The van der Waals surface area contributed by atoms with Gasteiger partial charge in [0.1, 0.15) is 5.41 Å². The third-order valence-electron chi connectivity index (χ3n) is 3.64. The molecule has 0 aromatic heterocycles. The summed E-state index contributed by atoms with van der Waals surface area (Å²) in [5.41, 5.74) is 1.46. The zero-order valence-corrected chi connectivity index (χ0v) is 13.0. The van der Waals surface area contributed by atoms with E-state index in [4.69, 9.17) is 4.74 Å². The Morgan fingerprint density at radius 2 is 2.05 bits per heavy atom. The molecule has 1 unspecified atom stereocenters. The molecule has 0 bridgehead atoms. The molecule has 0 radical (unpaired) electrons. The molecule has 0 saturated heterocycles. The molecule has 1 aliphatic carbocycles. The maximum Gasteiger partial charge on any atom is 0.325 e. The van der Waals surface area contributed by atoms with Gasteiger partial charge in [0.2, 0.25) is 0 Å². The SMILES string of the molecule is CCCCCCC1=CC1(C(=O)OC)C(C)=NC(C)C. The topological polar surface area (TPSA) is 38.7 Å². The standard InChI is InChI=1S/C16H27NO2/c1-6-7-8-9-10-14-11-16(14,15(18)19-5)13(4)17-12(2)3/h11-12H,6-10H2,1-5H3. The Morgan fingerprint density at radius 3 is 2.58 bits per heavy atom. The van der Waals surface area contributed by atoms with Crippen LogP contribution in [0, 0.1) is 5.41 Å². The van der Waals surface area contributed by atoms with Crippen molar-refractivity contribution in [1.29, 1.82) is 0 Å². The number of esters is 1. The summed E-state index contributed by atoms with van der Waals surface area (Å²) in [6.07, 6.45) is 7.89. The van der Waals surface area contributed by atoms with E-state index in [1.54, 1.807) is 0 Å². The molecule has 0 aromatic carbocycles. The van der Waals surface area contributed by atoms with E-state index in [-0.39, 0.29) is 12.0 Å². The number of hydrogen-bond acceptors (Lipinski definition) is 3. The number of hydrogen-bond donors (Lipinski definition) is 0. The number of methoxy groups -OCH3 is 1. The van der Waals surface area contributed by atoms with E-state index >= 15 is 0 Å². The summed E-state index contributed by atoms with van der Waals surface area (Å²) in [4.78, 5) is 16.6. The Labute approximate surface area is 117 Å². The van der Waals surface area contributed by atoms with Gasteiger partial charge in [0, 0.05) is 11.8 Å². The minimum Gasteiger partial charge on any atom is -0.468 e. The number of aliphatic imine (C=N–C) groups is 1. The van der Waals surface area contributed by atoms with E-state index in [1.165, 1.54) is 31.9 Å². The van der Waals surface area contributed by atoms with Crippen molar-refractivity contribution in [3.8, 4) is 0 Å². The minimum atomic E-state index is -0.606. The molecule has 108 valence electrons. The largest absolute Gasteiger partial charge is 0.468 e. The molecule has 0 spiro atoms. The fourth-order valence-corrected chi connectivity index (χ4v) is 2.56. The maximum absolute atomic E-state index is 12.1. The van der Waals surface area contributed by atoms with Crippen LogP contribution < -0.4 is 0 Å². The van der Waals surface area contributed by atoms with Crippen molar-refractivity contribution in [2.45, 2.75) is 65.8 Å². The first-order valence-electron chi connectivity index (χ1n) is 7.34. The van der Waals surface area contributed by atoms with Crippen LogP contribution in [0.15, 0.2) is 16.6 Å². The average Bonchev–Trinajstić information content (AvgIpc) is 3.08. The van der Waals surface area contributed by atoms with Gasteiger partial charge in [-0.25, -0.2) is 0 Å². The molecule has 19 heavy (non-hydrogen) atoms. The van der Waals surface area contributed by atoms with Crippen molar-refractivity contribution in [3.63, 3.8) is 0 Å². The third-order valence-corrected chi connectivity index (χ3v) is 3.64. The van der Waals surface area contributed by atoms with Gasteiger partial charge in [-0.15, -0.1) is 0 Å². The van der Waals surface area contributed by atoms with Crippen LogP contribution in [0.1, 0.15) is 59.8 Å². The first-order valence-corrected chi connectivity index (χ1v) is 7.34. The van der Waals surface area contributed by atoms with Gasteiger partial charge in [0.25, 0.3) is 0 Å². The summed E-state index contributed by atoms with van der Waals surface area (Å²) >= 11 is 0.